The van der Waals surface area contributed by atoms with Crippen molar-refractivity contribution < 1.29 is 4.79 Å². The van der Waals surface area contributed by atoms with Gasteiger partial charge in [0.05, 0.1) is 5.69 Å². The Hall–Kier alpha value is -1.26. The van der Waals surface area contributed by atoms with Crippen LogP contribution in [-0.2, 0) is 4.79 Å². The second kappa shape index (κ2) is 7.36. The first kappa shape index (κ1) is 14.2. The fourth-order valence-corrected chi connectivity index (χ4v) is 2.48. The van der Waals surface area contributed by atoms with E-state index in [4.69, 9.17) is 0 Å². The molecule has 1 aliphatic carbocycles. The molecule has 0 radical (unpaired) electrons. The highest BCUT2D eigenvalue weighted by molar-refractivity contribution is 7.99. The molecule has 2 rings (SSSR count). The van der Waals surface area contributed by atoms with Crippen molar-refractivity contribution in [1.82, 2.24) is 5.32 Å². The molecule has 1 fully saturated rings. The second-order valence-electron chi connectivity index (χ2n) is 4.62. The molecule has 1 amide bonds. The van der Waals surface area contributed by atoms with Crippen LogP contribution in [0.1, 0.15) is 19.3 Å². The zero-order valence-electron chi connectivity index (χ0n) is 11.0. The molecule has 0 bridgehead atoms. The zero-order chi connectivity index (χ0) is 13.5. The van der Waals surface area contributed by atoms with Crippen LogP contribution in [0.2, 0.25) is 0 Å². The van der Waals surface area contributed by atoms with Gasteiger partial charge in [0.25, 0.3) is 0 Å². The normalized spacial score (nSPS) is 14.1. The Morgan fingerprint density at radius 2 is 2.21 bits per heavy atom. The van der Waals surface area contributed by atoms with E-state index in [9.17, 15) is 4.79 Å². The lowest BCUT2D eigenvalue weighted by molar-refractivity contribution is -0.116. The van der Waals surface area contributed by atoms with Gasteiger partial charge in [0, 0.05) is 29.7 Å². The number of rotatable bonds is 8. The molecule has 0 unspecified atom stereocenters. The van der Waals surface area contributed by atoms with E-state index in [0.717, 1.165) is 22.9 Å². The first-order valence-electron chi connectivity index (χ1n) is 6.65. The van der Waals surface area contributed by atoms with Crippen LogP contribution in [0, 0.1) is 0 Å². The predicted molar refractivity (Wildman–Crippen MR) is 81.6 cm³/mol. The Morgan fingerprint density at radius 3 is 2.95 bits per heavy atom. The molecule has 102 valence electrons. The van der Waals surface area contributed by atoms with Gasteiger partial charge in [0.15, 0.2) is 0 Å². The summed E-state index contributed by atoms with van der Waals surface area (Å²) in [5.74, 6) is 0.913. The van der Waals surface area contributed by atoms with E-state index in [1.165, 1.54) is 12.8 Å². The number of benzene rings is 1. The maximum Gasteiger partial charge on any atom is 0.225 e. The number of carbonyl (C=O) groups excluding carboxylic acids is 1. The summed E-state index contributed by atoms with van der Waals surface area (Å²) in [6, 6.07) is 8.54. The second-order valence-corrected chi connectivity index (χ2v) is 5.68. The van der Waals surface area contributed by atoms with Gasteiger partial charge in [-0.3, -0.25) is 4.79 Å². The highest BCUT2D eigenvalue weighted by atomic mass is 32.2. The van der Waals surface area contributed by atoms with E-state index < -0.39 is 0 Å². The summed E-state index contributed by atoms with van der Waals surface area (Å²) in [5.41, 5.74) is 0.894. The average Bonchev–Trinajstić information content (AvgIpc) is 3.22. The van der Waals surface area contributed by atoms with Gasteiger partial charge in [0.2, 0.25) is 5.91 Å². The SMILES string of the molecule is C=CCSc1ccccc1NC(=O)CCNC1CC1. The lowest BCUT2D eigenvalue weighted by Crippen LogP contribution is -2.23. The minimum absolute atomic E-state index is 0.0693. The van der Waals surface area contributed by atoms with Crippen LogP contribution in [0.5, 0.6) is 0 Å². The Labute approximate surface area is 118 Å². The lowest BCUT2D eigenvalue weighted by Gasteiger charge is -2.10. The fourth-order valence-electron chi connectivity index (χ4n) is 1.73. The molecule has 0 saturated heterocycles. The quantitative estimate of drug-likeness (QED) is 0.566. The third kappa shape index (κ3) is 5.09. The molecule has 4 heteroatoms. The van der Waals surface area contributed by atoms with Crippen LogP contribution in [0.4, 0.5) is 5.69 Å². The van der Waals surface area contributed by atoms with Gasteiger partial charge in [-0.15, -0.1) is 18.3 Å². The van der Waals surface area contributed by atoms with E-state index in [-0.39, 0.29) is 5.91 Å². The van der Waals surface area contributed by atoms with Crippen LogP contribution < -0.4 is 10.6 Å². The number of nitrogens with one attached hydrogen (secondary N) is 2. The van der Waals surface area contributed by atoms with Crippen molar-refractivity contribution in [2.75, 3.05) is 17.6 Å². The minimum Gasteiger partial charge on any atom is -0.325 e. The summed E-state index contributed by atoms with van der Waals surface area (Å²) in [5, 5.41) is 6.32. The number of hydrogen-bond acceptors (Lipinski definition) is 3. The zero-order valence-corrected chi connectivity index (χ0v) is 11.8. The Morgan fingerprint density at radius 1 is 1.42 bits per heavy atom. The predicted octanol–water partition coefficient (Wildman–Crippen LogP) is 3.05. The molecule has 1 aromatic carbocycles. The van der Waals surface area contributed by atoms with Gasteiger partial charge >= 0.3 is 0 Å². The van der Waals surface area contributed by atoms with Crippen LogP contribution in [0.3, 0.4) is 0 Å². The summed E-state index contributed by atoms with van der Waals surface area (Å²) in [4.78, 5) is 12.9. The molecule has 0 atom stereocenters. The van der Waals surface area contributed by atoms with Crippen molar-refractivity contribution >= 4 is 23.4 Å². The van der Waals surface area contributed by atoms with Gasteiger partial charge in [-0.1, -0.05) is 18.2 Å². The standard InChI is InChI=1S/C15H20N2OS/c1-2-11-19-14-6-4-3-5-13(14)17-15(18)9-10-16-12-7-8-12/h2-6,12,16H,1,7-11H2,(H,17,18). The number of amides is 1. The van der Waals surface area contributed by atoms with E-state index in [1.54, 1.807) is 11.8 Å². The third-order valence-corrected chi connectivity index (χ3v) is 3.95. The average molecular weight is 276 g/mol. The fraction of sp³-hybridized carbons (Fsp3) is 0.400. The Kier molecular flexibility index (Phi) is 5.48. The van der Waals surface area contributed by atoms with Gasteiger partial charge in [-0.25, -0.2) is 0 Å². The highest BCUT2D eigenvalue weighted by Crippen LogP contribution is 2.27. The van der Waals surface area contributed by atoms with Gasteiger partial charge < -0.3 is 10.6 Å². The number of para-hydroxylation sites is 1. The molecule has 0 aliphatic heterocycles. The van der Waals surface area contributed by atoms with Gasteiger partial charge in [0.1, 0.15) is 0 Å². The van der Waals surface area contributed by atoms with Crippen molar-refractivity contribution in [3.05, 3.63) is 36.9 Å². The number of carbonyl (C=O) groups is 1. The molecule has 1 aliphatic rings. The molecule has 1 saturated carbocycles. The van der Waals surface area contributed by atoms with Crippen molar-refractivity contribution in [3.63, 3.8) is 0 Å². The largest absolute Gasteiger partial charge is 0.325 e. The van der Waals surface area contributed by atoms with Crippen molar-refractivity contribution in [3.8, 4) is 0 Å². The summed E-state index contributed by atoms with van der Waals surface area (Å²) in [6.45, 7) is 4.48. The maximum absolute atomic E-state index is 11.9. The van der Waals surface area contributed by atoms with Crippen molar-refractivity contribution in [1.29, 1.82) is 0 Å². The smallest absolute Gasteiger partial charge is 0.225 e. The van der Waals surface area contributed by atoms with Gasteiger partial charge in [-0.2, -0.15) is 0 Å². The maximum atomic E-state index is 11.9. The summed E-state index contributed by atoms with van der Waals surface area (Å²) < 4.78 is 0. The monoisotopic (exact) mass is 276 g/mol. The van der Waals surface area contributed by atoms with Crippen molar-refractivity contribution in [2.45, 2.75) is 30.2 Å². The van der Waals surface area contributed by atoms with E-state index in [1.807, 2.05) is 30.3 Å². The molecular weight excluding hydrogens is 256 g/mol. The topological polar surface area (TPSA) is 41.1 Å². The minimum atomic E-state index is 0.0693. The first-order chi connectivity index (χ1) is 9.29. The molecule has 1 aromatic rings. The first-order valence-corrected chi connectivity index (χ1v) is 7.64. The van der Waals surface area contributed by atoms with E-state index in [0.29, 0.717) is 12.5 Å². The van der Waals surface area contributed by atoms with Crippen LogP contribution in [0.15, 0.2) is 41.8 Å². The summed E-state index contributed by atoms with van der Waals surface area (Å²) in [6.07, 6.45) is 4.89. The van der Waals surface area contributed by atoms with Crippen LogP contribution >= 0.6 is 11.8 Å². The molecule has 3 nitrogen and oxygen atoms in total. The van der Waals surface area contributed by atoms with E-state index in [2.05, 4.69) is 17.2 Å². The Bertz CT molecular complexity index is 444. The summed E-state index contributed by atoms with van der Waals surface area (Å²) in [7, 11) is 0. The van der Waals surface area contributed by atoms with Crippen LogP contribution in [0.25, 0.3) is 0 Å². The number of anilines is 1. The highest BCUT2D eigenvalue weighted by Gasteiger charge is 2.20. The number of thioether (sulfide) groups is 1. The van der Waals surface area contributed by atoms with Crippen LogP contribution in [-0.4, -0.2) is 24.2 Å². The molecule has 0 spiro atoms. The lowest BCUT2D eigenvalue weighted by atomic mass is 10.3. The molecule has 0 aromatic heterocycles. The molecule has 0 heterocycles. The van der Waals surface area contributed by atoms with Crippen molar-refractivity contribution in [2.24, 2.45) is 0 Å². The van der Waals surface area contributed by atoms with E-state index >= 15 is 0 Å². The third-order valence-electron chi connectivity index (χ3n) is 2.88. The summed E-state index contributed by atoms with van der Waals surface area (Å²) >= 11 is 1.68. The molecule has 19 heavy (non-hydrogen) atoms. The van der Waals surface area contributed by atoms with Gasteiger partial charge in [-0.05, 0) is 25.0 Å². The molecule has 2 N–H and O–H groups in total. The number of hydrogen-bond donors (Lipinski definition) is 2. The Balaban J connectivity index is 1.82. The molecular formula is C15H20N2OS.